The highest BCUT2D eigenvalue weighted by Gasteiger charge is 2.18. The summed E-state index contributed by atoms with van der Waals surface area (Å²) in [5.74, 6) is 0.701. The molecule has 0 aromatic heterocycles. The first-order valence-electron chi connectivity index (χ1n) is 9.97. The first-order chi connectivity index (χ1) is 15.3. The van der Waals surface area contributed by atoms with Crippen molar-refractivity contribution in [2.75, 3.05) is 14.2 Å². The van der Waals surface area contributed by atoms with Crippen LogP contribution in [0.15, 0.2) is 59.1 Å². The molecule has 0 spiro atoms. The zero-order valence-electron chi connectivity index (χ0n) is 18.3. The Bertz CT molecular complexity index is 1110. The van der Waals surface area contributed by atoms with E-state index in [1.165, 1.54) is 13.2 Å². The number of esters is 1. The average molecular weight is 503 g/mol. The van der Waals surface area contributed by atoms with E-state index in [0.29, 0.717) is 22.8 Å². The molecule has 0 bridgehead atoms. The van der Waals surface area contributed by atoms with Crippen LogP contribution in [0.4, 0.5) is 4.39 Å². The maximum atomic E-state index is 14.5. The van der Waals surface area contributed by atoms with Crippen molar-refractivity contribution >= 4 is 21.9 Å². The van der Waals surface area contributed by atoms with E-state index in [9.17, 15) is 9.18 Å². The maximum Gasteiger partial charge on any atom is 0.338 e. The number of carbonyl (C=O) groups is 1. The summed E-state index contributed by atoms with van der Waals surface area (Å²) in [5.41, 5.74) is 1.77. The molecule has 0 saturated heterocycles. The number of halogens is 2. The molecule has 0 aliphatic heterocycles. The second-order valence-corrected chi connectivity index (χ2v) is 8.08. The number of hydrogen-bond acceptors (Lipinski definition) is 5. The van der Waals surface area contributed by atoms with Gasteiger partial charge in [-0.1, -0.05) is 34.1 Å². The zero-order chi connectivity index (χ0) is 23.3. The highest BCUT2D eigenvalue weighted by Crippen LogP contribution is 2.35. The molecule has 0 atom stereocenters. The van der Waals surface area contributed by atoms with Crippen molar-refractivity contribution in [2.24, 2.45) is 0 Å². The highest BCUT2D eigenvalue weighted by atomic mass is 79.9. The van der Waals surface area contributed by atoms with Gasteiger partial charge in [-0.2, -0.15) is 0 Å². The number of hydrogen-bond donors (Lipinski definition) is 0. The van der Waals surface area contributed by atoms with Gasteiger partial charge in [-0.05, 0) is 50.2 Å². The zero-order valence-corrected chi connectivity index (χ0v) is 19.9. The van der Waals surface area contributed by atoms with Crippen LogP contribution in [-0.4, -0.2) is 26.3 Å². The van der Waals surface area contributed by atoms with Crippen molar-refractivity contribution in [1.82, 2.24) is 0 Å². The SMILES string of the molecule is COC(=O)c1ccc(OCc2cc(OC(C)C)c(OC)cc2Br)cc1-c1ccccc1F. The standard InChI is InChI=1S/C25H24BrFO5/c1-15(2)32-24-11-16(21(26)13-23(24)29-3)14-31-17-9-10-19(25(28)30-4)20(12-17)18-7-5-6-8-22(18)27/h5-13,15H,14H2,1-4H3. The molecule has 3 aromatic rings. The van der Waals surface area contributed by atoms with Crippen molar-refractivity contribution in [3.63, 3.8) is 0 Å². The lowest BCUT2D eigenvalue weighted by Gasteiger charge is -2.17. The molecule has 7 heteroatoms. The molecule has 32 heavy (non-hydrogen) atoms. The predicted molar refractivity (Wildman–Crippen MR) is 124 cm³/mol. The van der Waals surface area contributed by atoms with Crippen LogP contribution in [0.3, 0.4) is 0 Å². The first kappa shape index (κ1) is 23.6. The van der Waals surface area contributed by atoms with Crippen molar-refractivity contribution in [3.8, 4) is 28.4 Å². The van der Waals surface area contributed by atoms with Gasteiger partial charge in [0.25, 0.3) is 0 Å². The summed E-state index contributed by atoms with van der Waals surface area (Å²) in [4.78, 5) is 12.2. The molecule has 168 valence electrons. The minimum atomic E-state index is -0.553. The quantitative estimate of drug-likeness (QED) is 0.332. The number of rotatable bonds is 8. The van der Waals surface area contributed by atoms with Crippen LogP contribution >= 0.6 is 15.9 Å². The summed E-state index contributed by atoms with van der Waals surface area (Å²) in [6.45, 7) is 4.09. The Morgan fingerprint density at radius 2 is 1.75 bits per heavy atom. The van der Waals surface area contributed by atoms with Crippen LogP contribution in [0.25, 0.3) is 11.1 Å². The van der Waals surface area contributed by atoms with Gasteiger partial charge in [0.15, 0.2) is 11.5 Å². The third-order valence-corrected chi connectivity index (χ3v) is 5.39. The highest BCUT2D eigenvalue weighted by molar-refractivity contribution is 9.10. The predicted octanol–water partition coefficient (Wildman–Crippen LogP) is 6.42. The first-order valence-corrected chi connectivity index (χ1v) is 10.8. The molecule has 0 fully saturated rings. The molecule has 0 aliphatic rings. The van der Waals surface area contributed by atoms with Crippen LogP contribution in [0.5, 0.6) is 17.2 Å². The molecular weight excluding hydrogens is 479 g/mol. The second kappa shape index (κ2) is 10.5. The molecule has 0 unspecified atom stereocenters. The van der Waals surface area contributed by atoms with Crippen LogP contribution in [-0.2, 0) is 11.3 Å². The number of methoxy groups -OCH3 is 2. The third kappa shape index (κ3) is 5.40. The van der Waals surface area contributed by atoms with Crippen molar-refractivity contribution in [2.45, 2.75) is 26.6 Å². The van der Waals surface area contributed by atoms with Crippen LogP contribution in [0.2, 0.25) is 0 Å². The molecule has 0 heterocycles. The summed E-state index contributed by atoms with van der Waals surface area (Å²) < 4.78 is 37.3. The van der Waals surface area contributed by atoms with Crippen LogP contribution in [0.1, 0.15) is 29.8 Å². The van der Waals surface area contributed by atoms with Gasteiger partial charge in [-0.3, -0.25) is 0 Å². The fourth-order valence-electron chi connectivity index (χ4n) is 3.16. The van der Waals surface area contributed by atoms with Crippen LogP contribution in [0, 0.1) is 5.82 Å². The van der Waals surface area contributed by atoms with Gasteiger partial charge >= 0.3 is 5.97 Å². The van der Waals surface area contributed by atoms with E-state index in [2.05, 4.69) is 15.9 Å². The summed E-state index contributed by atoms with van der Waals surface area (Å²) >= 11 is 3.54. The largest absolute Gasteiger partial charge is 0.493 e. The maximum absolute atomic E-state index is 14.5. The molecule has 0 saturated carbocycles. The Labute approximate surface area is 195 Å². The van der Waals surface area contributed by atoms with E-state index >= 15 is 0 Å². The fraction of sp³-hybridized carbons (Fsp3) is 0.240. The molecule has 0 aliphatic carbocycles. The summed E-state index contributed by atoms with van der Waals surface area (Å²) in [5, 5.41) is 0. The second-order valence-electron chi connectivity index (χ2n) is 7.23. The molecular formula is C25H24BrFO5. The number of ether oxygens (including phenoxy) is 4. The Morgan fingerprint density at radius 3 is 2.41 bits per heavy atom. The number of carbonyl (C=O) groups excluding carboxylic acids is 1. The van der Waals surface area contributed by atoms with Gasteiger partial charge in [0, 0.05) is 21.2 Å². The number of benzene rings is 3. The Morgan fingerprint density at radius 1 is 1.00 bits per heavy atom. The van der Waals surface area contributed by atoms with Gasteiger partial charge in [-0.15, -0.1) is 0 Å². The minimum Gasteiger partial charge on any atom is -0.493 e. The van der Waals surface area contributed by atoms with Crippen molar-refractivity contribution < 1.29 is 28.1 Å². The summed E-state index contributed by atoms with van der Waals surface area (Å²) in [7, 11) is 2.87. The third-order valence-electron chi connectivity index (χ3n) is 4.65. The molecule has 5 nitrogen and oxygen atoms in total. The Balaban J connectivity index is 1.93. The van der Waals surface area contributed by atoms with Gasteiger partial charge in [-0.25, -0.2) is 9.18 Å². The molecule has 3 rings (SSSR count). The van der Waals surface area contributed by atoms with E-state index in [4.69, 9.17) is 18.9 Å². The van der Waals surface area contributed by atoms with E-state index in [0.717, 1.165) is 10.0 Å². The van der Waals surface area contributed by atoms with E-state index in [1.807, 2.05) is 26.0 Å². The van der Waals surface area contributed by atoms with E-state index in [1.54, 1.807) is 43.5 Å². The summed E-state index contributed by atoms with van der Waals surface area (Å²) in [6.07, 6.45) is -0.0203. The fourth-order valence-corrected chi connectivity index (χ4v) is 3.59. The van der Waals surface area contributed by atoms with E-state index < -0.39 is 11.8 Å². The minimum absolute atomic E-state index is 0.0203. The Kier molecular flexibility index (Phi) is 7.75. The molecule has 0 N–H and O–H groups in total. The monoisotopic (exact) mass is 502 g/mol. The average Bonchev–Trinajstić information content (AvgIpc) is 2.78. The smallest absolute Gasteiger partial charge is 0.338 e. The molecule has 3 aromatic carbocycles. The lowest BCUT2D eigenvalue weighted by Crippen LogP contribution is -2.08. The van der Waals surface area contributed by atoms with E-state index in [-0.39, 0.29) is 23.8 Å². The van der Waals surface area contributed by atoms with Gasteiger partial charge in [0.2, 0.25) is 0 Å². The van der Waals surface area contributed by atoms with Crippen molar-refractivity contribution in [3.05, 3.63) is 76.0 Å². The topological polar surface area (TPSA) is 54.0 Å². The Hall–Kier alpha value is -3.06. The van der Waals surface area contributed by atoms with Gasteiger partial charge < -0.3 is 18.9 Å². The van der Waals surface area contributed by atoms with Gasteiger partial charge in [0.1, 0.15) is 18.2 Å². The summed E-state index contributed by atoms with van der Waals surface area (Å²) in [6, 6.07) is 14.8. The lowest BCUT2D eigenvalue weighted by molar-refractivity contribution is 0.0601. The van der Waals surface area contributed by atoms with Gasteiger partial charge in [0.05, 0.1) is 25.9 Å². The lowest BCUT2D eigenvalue weighted by atomic mass is 9.99. The van der Waals surface area contributed by atoms with Crippen LogP contribution < -0.4 is 14.2 Å². The normalized spacial score (nSPS) is 10.7. The van der Waals surface area contributed by atoms with Crippen molar-refractivity contribution in [1.29, 1.82) is 0 Å². The molecule has 0 amide bonds. The molecule has 0 radical (unpaired) electrons.